The van der Waals surface area contributed by atoms with Crippen molar-refractivity contribution in [3.05, 3.63) is 99.9 Å². The molecule has 1 aromatic heterocycles. The number of alkyl halides is 3. The van der Waals surface area contributed by atoms with Gasteiger partial charge in [0, 0.05) is 19.6 Å². The lowest BCUT2D eigenvalue weighted by Gasteiger charge is -2.34. The molecule has 14 heteroatoms. The molecule has 4 rings (SSSR count). The number of para-hydroxylation sites is 1. The van der Waals surface area contributed by atoms with Gasteiger partial charge in [-0.3, -0.25) is 19.0 Å². The van der Waals surface area contributed by atoms with E-state index in [9.17, 15) is 31.9 Å². The number of nitrogens with one attached hydrogen (secondary N) is 1. The van der Waals surface area contributed by atoms with Gasteiger partial charge in [0.25, 0.3) is 5.56 Å². The second-order valence-electron chi connectivity index (χ2n) is 12.3. The zero-order valence-electron chi connectivity index (χ0n) is 28.8. The van der Waals surface area contributed by atoms with Crippen molar-refractivity contribution in [2.24, 2.45) is 0 Å². The summed E-state index contributed by atoms with van der Waals surface area (Å²) in [5.74, 6) is -1.47. The van der Waals surface area contributed by atoms with E-state index in [4.69, 9.17) is 9.72 Å². The second kappa shape index (κ2) is 16.7. The van der Waals surface area contributed by atoms with E-state index in [0.29, 0.717) is 47.6 Å². The highest BCUT2D eigenvalue weighted by Gasteiger charge is 2.35. The number of nitrogens with zero attached hydrogens (tertiary/aromatic N) is 5. The van der Waals surface area contributed by atoms with Crippen LogP contribution in [-0.4, -0.2) is 97.0 Å². The first-order chi connectivity index (χ1) is 23.7. The monoisotopic (exact) mass is 698 g/mol. The van der Waals surface area contributed by atoms with Crippen LogP contribution in [0.2, 0.25) is 0 Å². The van der Waals surface area contributed by atoms with Crippen molar-refractivity contribution in [3.8, 4) is 11.4 Å². The molecular formula is C36H42F4N6O4. The van der Waals surface area contributed by atoms with Crippen molar-refractivity contribution in [2.45, 2.75) is 32.0 Å². The van der Waals surface area contributed by atoms with Crippen molar-refractivity contribution < 1.29 is 31.9 Å². The first-order valence-corrected chi connectivity index (χ1v) is 16.2. The van der Waals surface area contributed by atoms with Crippen molar-refractivity contribution in [1.82, 2.24) is 29.6 Å². The van der Waals surface area contributed by atoms with Gasteiger partial charge in [-0.2, -0.15) is 13.2 Å². The van der Waals surface area contributed by atoms with Gasteiger partial charge in [-0.15, -0.1) is 0 Å². The highest BCUT2D eigenvalue weighted by molar-refractivity contribution is 5.80. The van der Waals surface area contributed by atoms with Crippen LogP contribution in [0.15, 0.2) is 71.5 Å². The quantitative estimate of drug-likeness (QED) is 0.180. The van der Waals surface area contributed by atoms with Gasteiger partial charge in [0.1, 0.15) is 17.4 Å². The Morgan fingerprint density at radius 2 is 1.66 bits per heavy atom. The van der Waals surface area contributed by atoms with Crippen molar-refractivity contribution in [1.29, 1.82) is 0 Å². The maximum atomic E-state index is 14.6. The summed E-state index contributed by atoms with van der Waals surface area (Å²) in [5.41, 5.74) is -0.923. The molecular weight excluding hydrogens is 656 g/mol. The van der Waals surface area contributed by atoms with Gasteiger partial charge in [0.05, 0.1) is 47.8 Å². The third kappa shape index (κ3) is 9.66. The number of ether oxygens (including phenoxy) is 1. The normalized spacial score (nSPS) is 12.4. The molecule has 0 aliphatic rings. The minimum Gasteiger partial charge on any atom is -0.494 e. The fraction of sp³-hybridized carbons (Fsp3) is 0.389. The molecule has 2 amide bonds. The number of hydrogen-bond donors (Lipinski definition) is 1. The minimum absolute atomic E-state index is 0.0452. The molecule has 1 atom stereocenters. The smallest absolute Gasteiger partial charge is 0.419 e. The van der Waals surface area contributed by atoms with Crippen LogP contribution >= 0.6 is 0 Å². The topological polar surface area (TPSA) is 100 Å². The number of likely N-dealkylation sites (N-methyl/N-ethyl adjacent to an activating group) is 2. The minimum atomic E-state index is -4.89. The largest absolute Gasteiger partial charge is 0.494 e. The van der Waals surface area contributed by atoms with E-state index in [1.807, 2.05) is 25.9 Å². The van der Waals surface area contributed by atoms with E-state index in [-0.39, 0.29) is 48.9 Å². The van der Waals surface area contributed by atoms with Crippen LogP contribution in [0.1, 0.15) is 36.3 Å². The van der Waals surface area contributed by atoms with Crippen molar-refractivity contribution in [3.63, 3.8) is 0 Å². The van der Waals surface area contributed by atoms with Crippen LogP contribution in [0.3, 0.4) is 0 Å². The molecule has 0 saturated carbocycles. The summed E-state index contributed by atoms with van der Waals surface area (Å²) in [6.45, 7) is 3.01. The lowest BCUT2D eigenvalue weighted by Crippen LogP contribution is -2.44. The van der Waals surface area contributed by atoms with Gasteiger partial charge in [0.2, 0.25) is 11.8 Å². The zero-order chi connectivity index (χ0) is 36.6. The fourth-order valence-electron chi connectivity index (χ4n) is 5.53. The lowest BCUT2D eigenvalue weighted by molar-refractivity contribution is -0.140. The van der Waals surface area contributed by atoms with Crippen LogP contribution in [-0.2, 0) is 22.2 Å². The third-order valence-electron chi connectivity index (χ3n) is 7.88. The molecule has 4 aromatic rings. The number of benzene rings is 3. The number of halogens is 4. The number of fused-ring (bicyclic) bond motifs is 1. The van der Waals surface area contributed by atoms with E-state index in [1.54, 1.807) is 67.5 Å². The molecule has 3 aromatic carbocycles. The van der Waals surface area contributed by atoms with E-state index in [1.165, 1.54) is 9.47 Å². The van der Waals surface area contributed by atoms with Crippen LogP contribution in [0.5, 0.6) is 5.75 Å². The van der Waals surface area contributed by atoms with Crippen LogP contribution in [0, 0.1) is 5.82 Å². The predicted octanol–water partition coefficient (Wildman–Crippen LogP) is 4.68. The Kier molecular flexibility index (Phi) is 12.7. The van der Waals surface area contributed by atoms with E-state index in [2.05, 4.69) is 5.32 Å². The Labute approximate surface area is 288 Å². The average molecular weight is 699 g/mol. The fourth-order valence-corrected chi connectivity index (χ4v) is 5.53. The van der Waals surface area contributed by atoms with E-state index < -0.39 is 35.9 Å². The Bertz CT molecular complexity index is 1840. The molecule has 1 unspecified atom stereocenters. The third-order valence-corrected chi connectivity index (χ3v) is 7.88. The summed E-state index contributed by atoms with van der Waals surface area (Å²) in [6.07, 6.45) is -5.19. The highest BCUT2D eigenvalue weighted by atomic mass is 19.4. The summed E-state index contributed by atoms with van der Waals surface area (Å²) in [4.78, 5) is 51.1. The number of carbonyl (C=O) groups is 2. The van der Waals surface area contributed by atoms with Gasteiger partial charge < -0.3 is 24.8 Å². The Morgan fingerprint density at radius 1 is 0.960 bits per heavy atom. The summed E-state index contributed by atoms with van der Waals surface area (Å²) >= 11 is 0. The molecule has 1 N–H and O–H groups in total. The lowest BCUT2D eigenvalue weighted by atomic mass is 10.0. The molecule has 10 nitrogen and oxygen atoms in total. The Balaban J connectivity index is 1.87. The number of hydrogen-bond acceptors (Lipinski definition) is 7. The maximum Gasteiger partial charge on any atom is 0.419 e. The Hall–Kier alpha value is -4.82. The molecule has 50 heavy (non-hydrogen) atoms. The highest BCUT2D eigenvalue weighted by Crippen LogP contribution is 2.32. The molecule has 268 valence electrons. The Morgan fingerprint density at radius 3 is 2.28 bits per heavy atom. The summed E-state index contributed by atoms with van der Waals surface area (Å²) in [5, 5.41) is 3.21. The van der Waals surface area contributed by atoms with Gasteiger partial charge in [-0.1, -0.05) is 18.2 Å². The van der Waals surface area contributed by atoms with Crippen molar-refractivity contribution in [2.75, 3.05) is 61.0 Å². The van der Waals surface area contributed by atoms with Crippen LogP contribution < -0.4 is 15.6 Å². The van der Waals surface area contributed by atoms with Crippen LogP contribution in [0.25, 0.3) is 16.6 Å². The van der Waals surface area contributed by atoms with Gasteiger partial charge in [-0.25, -0.2) is 9.37 Å². The number of amides is 2. The average Bonchev–Trinajstić information content (AvgIpc) is 3.03. The molecule has 0 aliphatic carbocycles. The second-order valence-corrected chi connectivity index (χ2v) is 12.3. The number of aromatic nitrogens is 2. The molecule has 0 saturated heterocycles. The van der Waals surface area contributed by atoms with Crippen molar-refractivity contribution >= 4 is 22.7 Å². The molecule has 0 aliphatic heterocycles. The van der Waals surface area contributed by atoms with E-state index in [0.717, 1.165) is 6.07 Å². The summed E-state index contributed by atoms with van der Waals surface area (Å²) in [6, 6.07) is 15.2. The van der Waals surface area contributed by atoms with Crippen LogP contribution in [0.4, 0.5) is 17.6 Å². The molecule has 0 spiro atoms. The summed E-state index contributed by atoms with van der Waals surface area (Å²) < 4.78 is 61.4. The molecule has 1 heterocycles. The SMILES string of the molecule is CCOc1ccc(-n2c(C(CCNC(=O)CN(C)C)N(CCN(C)C)C(=O)Cc3ccc(C(F)(F)F)c(F)c3)nc3ccccc3c2=O)cc1. The van der Waals surface area contributed by atoms with Gasteiger partial charge in [-0.05, 0) is 95.6 Å². The number of carbonyl (C=O) groups excluding carboxylic acids is 2. The van der Waals surface area contributed by atoms with Gasteiger partial charge in [0.15, 0.2) is 0 Å². The number of rotatable bonds is 15. The zero-order valence-corrected chi connectivity index (χ0v) is 28.8. The molecule has 0 fully saturated rings. The maximum absolute atomic E-state index is 14.6. The van der Waals surface area contributed by atoms with Gasteiger partial charge >= 0.3 is 6.18 Å². The summed E-state index contributed by atoms with van der Waals surface area (Å²) in [7, 11) is 7.13. The predicted molar refractivity (Wildman–Crippen MR) is 183 cm³/mol. The molecule has 0 radical (unpaired) electrons. The standard InChI is InChI=1S/C36H42F4N6O4/c1-6-50-26-14-12-25(13-15-26)46-34(42-30-10-8-7-9-27(30)35(46)49)31(17-18-41-32(47)23-44(4)5)45(20-19-43(2)3)33(48)22-24-11-16-28(29(37)21-24)36(38,39)40/h7-16,21,31H,6,17-20,22-23H2,1-5H3,(H,41,47). The first-order valence-electron chi connectivity index (χ1n) is 16.2. The van der Waals surface area contributed by atoms with E-state index >= 15 is 0 Å². The molecule has 0 bridgehead atoms. The first kappa shape index (κ1) is 38.0.